The zero-order valence-electron chi connectivity index (χ0n) is 10.6. The number of aliphatic hydroxyl groups is 1. The molecule has 2 rings (SSSR count). The van der Waals surface area contributed by atoms with Crippen LogP contribution in [0.25, 0.3) is 0 Å². The van der Waals surface area contributed by atoms with Gasteiger partial charge in [-0.15, -0.1) is 0 Å². The summed E-state index contributed by atoms with van der Waals surface area (Å²) in [6.45, 7) is 0. The third-order valence-electron chi connectivity index (χ3n) is 3.54. The van der Waals surface area contributed by atoms with E-state index in [-0.39, 0.29) is 11.9 Å². The number of hydrogen-bond acceptors (Lipinski definition) is 5. The number of carbonyl (C=O) groups is 1. The third kappa shape index (κ3) is 2.42. The van der Waals surface area contributed by atoms with E-state index in [1.165, 1.54) is 13.2 Å². The van der Waals surface area contributed by atoms with E-state index in [4.69, 9.17) is 9.15 Å². The molecule has 0 saturated heterocycles. The van der Waals surface area contributed by atoms with Gasteiger partial charge in [0, 0.05) is 7.11 Å². The van der Waals surface area contributed by atoms with Crippen LogP contribution in [0.3, 0.4) is 0 Å². The summed E-state index contributed by atoms with van der Waals surface area (Å²) in [4.78, 5) is 11.3. The van der Waals surface area contributed by atoms with Crippen LogP contribution >= 0.6 is 0 Å². The number of esters is 1. The van der Waals surface area contributed by atoms with E-state index in [2.05, 4.69) is 4.74 Å². The smallest absolute Gasteiger partial charge is 0.373 e. The van der Waals surface area contributed by atoms with Crippen molar-refractivity contribution >= 4 is 5.97 Å². The van der Waals surface area contributed by atoms with Gasteiger partial charge in [0.25, 0.3) is 0 Å². The molecule has 0 unspecified atom stereocenters. The molecule has 1 aliphatic carbocycles. The Bertz CT molecular complexity index is 415. The van der Waals surface area contributed by atoms with Crippen LogP contribution in [0.2, 0.25) is 0 Å². The summed E-state index contributed by atoms with van der Waals surface area (Å²) in [5, 5.41) is 10.5. The number of carbonyl (C=O) groups excluding carboxylic acids is 1. The fourth-order valence-electron chi connectivity index (χ4n) is 2.35. The van der Waals surface area contributed by atoms with Crippen LogP contribution in [0.15, 0.2) is 16.5 Å². The molecule has 1 heterocycles. The van der Waals surface area contributed by atoms with Crippen LogP contribution < -0.4 is 0 Å². The van der Waals surface area contributed by atoms with Crippen molar-refractivity contribution in [3.63, 3.8) is 0 Å². The molecular formula is C13H18O5. The largest absolute Gasteiger partial charge is 0.463 e. The van der Waals surface area contributed by atoms with Crippen LogP contribution in [0.1, 0.15) is 42.0 Å². The molecule has 0 radical (unpaired) electrons. The van der Waals surface area contributed by atoms with Gasteiger partial charge in [-0.25, -0.2) is 4.79 Å². The monoisotopic (exact) mass is 254 g/mol. The summed E-state index contributed by atoms with van der Waals surface area (Å²) in [5.41, 5.74) is -0.999. The lowest BCUT2D eigenvalue weighted by Gasteiger charge is -2.33. The van der Waals surface area contributed by atoms with Crippen molar-refractivity contribution in [2.24, 2.45) is 0 Å². The predicted octanol–water partition coefficient (Wildman–Crippen LogP) is 1.84. The van der Waals surface area contributed by atoms with Gasteiger partial charge in [-0.1, -0.05) is 0 Å². The lowest BCUT2D eigenvalue weighted by Crippen LogP contribution is -2.33. The maximum atomic E-state index is 11.3. The van der Waals surface area contributed by atoms with Gasteiger partial charge in [-0.2, -0.15) is 0 Å². The Kier molecular flexibility index (Phi) is 3.73. The molecule has 1 fully saturated rings. The van der Waals surface area contributed by atoms with Crippen LogP contribution in [0.5, 0.6) is 0 Å². The molecule has 1 aromatic rings. The molecule has 18 heavy (non-hydrogen) atoms. The van der Waals surface area contributed by atoms with Gasteiger partial charge in [0.05, 0.1) is 13.2 Å². The second-order valence-corrected chi connectivity index (χ2v) is 4.62. The second-order valence-electron chi connectivity index (χ2n) is 4.62. The Morgan fingerprint density at radius 2 is 2.06 bits per heavy atom. The summed E-state index contributed by atoms with van der Waals surface area (Å²) in [5.74, 6) is 0.0164. The molecule has 0 aliphatic heterocycles. The highest BCUT2D eigenvalue weighted by atomic mass is 16.5. The molecule has 1 N–H and O–H groups in total. The lowest BCUT2D eigenvalue weighted by molar-refractivity contribution is -0.0604. The van der Waals surface area contributed by atoms with Crippen molar-refractivity contribution in [2.45, 2.75) is 37.4 Å². The maximum absolute atomic E-state index is 11.3. The van der Waals surface area contributed by atoms with Gasteiger partial charge in [-0.3, -0.25) is 0 Å². The second kappa shape index (κ2) is 5.12. The van der Waals surface area contributed by atoms with Crippen molar-refractivity contribution in [3.8, 4) is 0 Å². The normalized spacial score (nSPS) is 28.1. The Balaban J connectivity index is 2.11. The number of hydrogen-bond donors (Lipinski definition) is 1. The summed E-state index contributed by atoms with van der Waals surface area (Å²) < 4.78 is 15.2. The Morgan fingerprint density at radius 3 is 2.61 bits per heavy atom. The molecule has 1 saturated carbocycles. The van der Waals surface area contributed by atoms with Gasteiger partial charge >= 0.3 is 5.97 Å². The maximum Gasteiger partial charge on any atom is 0.373 e. The van der Waals surface area contributed by atoms with Gasteiger partial charge in [-0.05, 0) is 37.8 Å². The minimum absolute atomic E-state index is 0.120. The molecule has 5 nitrogen and oxygen atoms in total. The van der Waals surface area contributed by atoms with Gasteiger partial charge in [0.15, 0.2) is 0 Å². The SMILES string of the molecule is COC(=O)c1ccc(C2(O)CCC(OC)CC2)o1. The van der Waals surface area contributed by atoms with Crippen LogP contribution in [-0.4, -0.2) is 31.4 Å². The predicted molar refractivity (Wildman–Crippen MR) is 63.2 cm³/mol. The van der Waals surface area contributed by atoms with E-state index in [1.54, 1.807) is 13.2 Å². The average molecular weight is 254 g/mol. The minimum atomic E-state index is -0.999. The molecule has 0 bridgehead atoms. The zero-order chi connectivity index (χ0) is 13.2. The highest BCUT2D eigenvalue weighted by Crippen LogP contribution is 2.38. The Labute approximate surface area is 106 Å². The van der Waals surface area contributed by atoms with Crippen LogP contribution in [-0.2, 0) is 15.1 Å². The standard InChI is InChI=1S/C13H18O5/c1-16-9-5-7-13(15,8-6-9)11-4-3-10(18-11)12(14)17-2/h3-4,9,15H,5-8H2,1-2H3. The van der Waals surface area contributed by atoms with Crippen LogP contribution in [0.4, 0.5) is 0 Å². The molecule has 0 aromatic carbocycles. The third-order valence-corrected chi connectivity index (χ3v) is 3.54. The van der Waals surface area contributed by atoms with E-state index in [0.29, 0.717) is 18.6 Å². The molecule has 5 heteroatoms. The van der Waals surface area contributed by atoms with E-state index >= 15 is 0 Å². The zero-order valence-corrected chi connectivity index (χ0v) is 10.6. The van der Waals surface area contributed by atoms with Gasteiger partial charge < -0.3 is 19.0 Å². The highest BCUT2D eigenvalue weighted by Gasteiger charge is 2.37. The molecule has 1 aliphatic rings. The number of rotatable bonds is 3. The lowest BCUT2D eigenvalue weighted by atomic mass is 9.81. The first kappa shape index (κ1) is 13.1. The fourth-order valence-corrected chi connectivity index (χ4v) is 2.35. The first-order valence-corrected chi connectivity index (χ1v) is 6.03. The van der Waals surface area contributed by atoms with E-state index in [1.807, 2.05) is 0 Å². The van der Waals surface area contributed by atoms with E-state index in [0.717, 1.165) is 12.8 Å². The topological polar surface area (TPSA) is 68.9 Å². The summed E-state index contributed by atoms with van der Waals surface area (Å²) in [7, 11) is 2.97. The average Bonchev–Trinajstić information content (AvgIpc) is 2.89. The Morgan fingerprint density at radius 1 is 1.39 bits per heavy atom. The molecular weight excluding hydrogens is 236 g/mol. The van der Waals surface area contributed by atoms with Crippen molar-refractivity contribution in [1.82, 2.24) is 0 Å². The van der Waals surface area contributed by atoms with Crippen molar-refractivity contribution in [2.75, 3.05) is 14.2 Å². The highest BCUT2D eigenvalue weighted by molar-refractivity contribution is 5.86. The van der Waals surface area contributed by atoms with Gasteiger partial charge in [0.1, 0.15) is 11.4 Å². The van der Waals surface area contributed by atoms with E-state index < -0.39 is 11.6 Å². The summed E-state index contributed by atoms with van der Waals surface area (Å²) in [6.07, 6.45) is 2.89. The quantitative estimate of drug-likeness (QED) is 0.833. The first-order chi connectivity index (χ1) is 8.59. The van der Waals surface area contributed by atoms with Crippen molar-refractivity contribution in [3.05, 3.63) is 23.7 Å². The molecule has 0 atom stereocenters. The summed E-state index contributed by atoms with van der Waals surface area (Å²) in [6, 6.07) is 3.17. The van der Waals surface area contributed by atoms with Crippen molar-refractivity contribution in [1.29, 1.82) is 0 Å². The molecule has 1 aromatic heterocycles. The fraction of sp³-hybridized carbons (Fsp3) is 0.615. The number of furan rings is 1. The first-order valence-electron chi connectivity index (χ1n) is 6.03. The number of ether oxygens (including phenoxy) is 2. The molecule has 0 amide bonds. The molecule has 100 valence electrons. The minimum Gasteiger partial charge on any atom is -0.463 e. The number of methoxy groups -OCH3 is 2. The Hall–Kier alpha value is -1.33. The van der Waals surface area contributed by atoms with Crippen LogP contribution in [0, 0.1) is 0 Å². The summed E-state index contributed by atoms with van der Waals surface area (Å²) >= 11 is 0. The molecule has 0 spiro atoms. The van der Waals surface area contributed by atoms with Gasteiger partial charge in [0.2, 0.25) is 5.76 Å². The van der Waals surface area contributed by atoms with E-state index in [9.17, 15) is 9.90 Å². The van der Waals surface area contributed by atoms with Crippen molar-refractivity contribution < 1.29 is 23.8 Å².